The number of fused-ring (bicyclic) bond motifs is 2. The van der Waals surface area contributed by atoms with Gasteiger partial charge in [-0.1, -0.05) is 6.07 Å². The lowest BCUT2D eigenvalue weighted by Crippen LogP contribution is -2.33. The third-order valence-electron chi connectivity index (χ3n) is 5.85. The van der Waals surface area contributed by atoms with Crippen molar-refractivity contribution in [1.29, 1.82) is 0 Å². The van der Waals surface area contributed by atoms with Crippen molar-refractivity contribution in [3.8, 4) is 11.5 Å². The fourth-order valence-electron chi connectivity index (χ4n) is 4.33. The van der Waals surface area contributed by atoms with Crippen LogP contribution in [0, 0.1) is 0 Å². The quantitative estimate of drug-likeness (QED) is 0.882. The van der Waals surface area contributed by atoms with Gasteiger partial charge < -0.3 is 19.7 Å². The molecule has 5 rings (SSSR count). The first kappa shape index (κ1) is 16.6. The van der Waals surface area contributed by atoms with Gasteiger partial charge in [0.1, 0.15) is 19.0 Å². The molecule has 7 heteroatoms. The number of nitrogens with zero attached hydrogens (tertiary/aromatic N) is 3. The van der Waals surface area contributed by atoms with Gasteiger partial charge in [-0.2, -0.15) is 5.10 Å². The molecule has 1 N–H and O–H groups in total. The number of hydrogen-bond acceptors (Lipinski definition) is 5. The van der Waals surface area contributed by atoms with Crippen molar-refractivity contribution in [3.05, 3.63) is 35.5 Å². The molecule has 1 aromatic carbocycles. The number of hydrogen-bond donors (Lipinski definition) is 1. The van der Waals surface area contributed by atoms with Gasteiger partial charge in [0.05, 0.1) is 12.2 Å². The number of aromatic nitrogens is 2. The summed E-state index contributed by atoms with van der Waals surface area (Å²) in [6, 6.07) is 6.32. The number of carbonyl (C=O) groups is 1. The Morgan fingerprint density at radius 3 is 2.74 bits per heavy atom. The highest BCUT2D eigenvalue weighted by molar-refractivity contribution is 5.94. The summed E-state index contributed by atoms with van der Waals surface area (Å²) in [6.45, 7) is 3.24. The topological polar surface area (TPSA) is 68.6 Å². The Bertz CT molecular complexity index is 870. The van der Waals surface area contributed by atoms with Crippen molar-refractivity contribution in [3.63, 3.8) is 0 Å². The van der Waals surface area contributed by atoms with E-state index in [9.17, 15) is 4.79 Å². The third kappa shape index (κ3) is 2.96. The summed E-state index contributed by atoms with van der Waals surface area (Å²) < 4.78 is 13.4. The fraction of sp³-hybridized carbons (Fsp3) is 0.500. The van der Waals surface area contributed by atoms with Gasteiger partial charge in [-0.25, -0.2) is 4.68 Å². The highest BCUT2D eigenvalue weighted by atomic mass is 16.6. The van der Waals surface area contributed by atoms with Crippen LogP contribution in [0.5, 0.6) is 11.5 Å². The maximum Gasteiger partial charge on any atom is 0.226 e. The average Bonchev–Trinajstić information content (AvgIpc) is 3.11. The monoisotopic (exact) mass is 368 g/mol. The van der Waals surface area contributed by atoms with E-state index in [4.69, 9.17) is 9.47 Å². The molecular weight excluding hydrogens is 344 g/mol. The van der Waals surface area contributed by atoms with E-state index in [1.165, 1.54) is 0 Å². The zero-order valence-electron chi connectivity index (χ0n) is 15.5. The molecule has 0 bridgehead atoms. The maximum absolute atomic E-state index is 12.5. The predicted molar refractivity (Wildman–Crippen MR) is 101 cm³/mol. The second-order valence-corrected chi connectivity index (χ2v) is 7.64. The maximum atomic E-state index is 12.5. The molecule has 0 saturated carbocycles. The van der Waals surface area contributed by atoms with Crippen LogP contribution in [0.3, 0.4) is 0 Å². The number of carbonyl (C=O) groups excluding carboxylic acids is 1. The van der Waals surface area contributed by atoms with Crippen LogP contribution in [0.1, 0.15) is 42.3 Å². The van der Waals surface area contributed by atoms with Crippen molar-refractivity contribution in [2.45, 2.75) is 31.2 Å². The number of nitrogens with one attached hydrogen (secondary N) is 1. The summed E-state index contributed by atoms with van der Waals surface area (Å²) in [5, 5.41) is 7.74. The first-order valence-electron chi connectivity index (χ1n) is 9.64. The van der Waals surface area contributed by atoms with E-state index in [1.54, 1.807) is 0 Å². The minimum absolute atomic E-state index is 0.00964. The number of benzene rings is 1. The van der Waals surface area contributed by atoms with E-state index in [2.05, 4.69) is 22.4 Å². The Morgan fingerprint density at radius 2 is 1.93 bits per heavy atom. The highest BCUT2D eigenvalue weighted by Crippen LogP contribution is 2.42. The molecule has 7 nitrogen and oxygen atoms in total. The zero-order valence-corrected chi connectivity index (χ0v) is 15.5. The lowest BCUT2D eigenvalue weighted by atomic mass is 9.87. The van der Waals surface area contributed by atoms with Crippen molar-refractivity contribution in [2.75, 3.05) is 38.7 Å². The molecule has 1 fully saturated rings. The molecule has 1 unspecified atom stereocenters. The molecule has 1 saturated heterocycles. The van der Waals surface area contributed by atoms with Crippen molar-refractivity contribution < 1.29 is 14.3 Å². The van der Waals surface area contributed by atoms with E-state index in [0.717, 1.165) is 54.4 Å². The second-order valence-electron chi connectivity index (χ2n) is 7.64. The first-order chi connectivity index (χ1) is 13.2. The number of rotatable bonds is 2. The van der Waals surface area contributed by atoms with Crippen LogP contribution in [-0.2, 0) is 4.79 Å². The van der Waals surface area contributed by atoms with Gasteiger partial charge in [0.15, 0.2) is 11.5 Å². The number of anilines is 1. The van der Waals surface area contributed by atoms with Gasteiger partial charge in [0.25, 0.3) is 0 Å². The second kappa shape index (κ2) is 6.56. The summed E-state index contributed by atoms with van der Waals surface area (Å²) in [5.74, 6) is 2.42. The molecule has 3 aliphatic rings. The number of ether oxygens (including phenoxy) is 2. The Labute approximate surface area is 158 Å². The van der Waals surface area contributed by atoms with E-state index < -0.39 is 0 Å². The molecule has 0 radical (unpaired) electrons. The lowest BCUT2D eigenvalue weighted by Gasteiger charge is -2.31. The van der Waals surface area contributed by atoms with Crippen LogP contribution in [0.15, 0.2) is 24.4 Å². The smallest absolute Gasteiger partial charge is 0.226 e. The minimum Gasteiger partial charge on any atom is -0.486 e. The molecule has 2 aromatic rings. The molecular formula is C20H24N4O3. The van der Waals surface area contributed by atoms with Crippen LogP contribution in [0.4, 0.5) is 5.82 Å². The molecule has 1 aromatic heterocycles. The molecule has 27 heavy (non-hydrogen) atoms. The van der Waals surface area contributed by atoms with E-state index in [0.29, 0.717) is 25.7 Å². The fourth-order valence-corrected chi connectivity index (χ4v) is 4.33. The average molecular weight is 368 g/mol. The molecule has 1 amide bonds. The largest absolute Gasteiger partial charge is 0.486 e. The standard InChI is InChI=1S/C20H24N4O3/c1-23-6-4-14(5-7-23)24-20-16(12-21-24)15(11-19(25)22-20)13-2-3-17-18(10-13)27-9-8-26-17/h2-3,10,12,14-15H,4-9,11H2,1H3,(H,22,25). The Morgan fingerprint density at radius 1 is 1.15 bits per heavy atom. The molecule has 142 valence electrons. The predicted octanol–water partition coefficient (Wildman–Crippen LogP) is 2.40. The van der Waals surface area contributed by atoms with Gasteiger partial charge >= 0.3 is 0 Å². The number of piperidine rings is 1. The minimum atomic E-state index is -0.00964. The Hall–Kier alpha value is -2.54. The van der Waals surface area contributed by atoms with Gasteiger partial charge in [0, 0.05) is 17.9 Å². The van der Waals surface area contributed by atoms with Crippen LogP contribution in [-0.4, -0.2) is 53.9 Å². The van der Waals surface area contributed by atoms with Gasteiger partial charge in [-0.05, 0) is 50.7 Å². The van der Waals surface area contributed by atoms with Crippen LogP contribution in [0.25, 0.3) is 0 Å². The van der Waals surface area contributed by atoms with Crippen LogP contribution >= 0.6 is 0 Å². The van der Waals surface area contributed by atoms with Crippen molar-refractivity contribution in [1.82, 2.24) is 14.7 Å². The van der Waals surface area contributed by atoms with Gasteiger partial charge in [-0.3, -0.25) is 4.79 Å². The highest BCUT2D eigenvalue weighted by Gasteiger charge is 2.33. The molecule has 4 heterocycles. The van der Waals surface area contributed by atoms with Crippen molar-refractivity contribution >= 4 is 11.7 Å². The molecule has 0 aliphatic carbocycles. The summed E-state index contributed by atoms with van der Waals surface area (Å²) in [5.41, 5.74) is 2.16. The summed E-state index contributed by atoms with van der Waals surface area (Å²) in [6.07, 6.45) is 4.45. The SMILES string of the molecule is CN1CCC(n2ncc3c2NC(=O)CC3c2ccc3c(c2)OCCO3)CC1. The Kier molecular flexibility index (Phi) is 4.04. The lowest BCUT2D eigenvalue weighted by molar-refractivity contribution is -0.116. The zero-order chi connectivity index (χ0) is 18.4. The Balaban J connectivity index is 1.49. The first-order valence-corrected chi connectivity index (χ1v) is 9.64. The van der Waals surface area contributed by atoms with Crippen LogP contribution in [0.2, 0.25) is 0 Å². The number of amides is 1. The van der Waals surface area contributed by atoms with Gasteiger partial charge in [-0.15, -0.1) is 0 Å². The summed E-state index contributed by atoms with van der Waals surface area (Å²) in [4.78, 5) is 14.8. The van der Waals surface area contributed by atoms with Crippen LogP contribution < -0.4 is 14.8 Å². The van der Waals surface area contributed by atoms with E-state index in [1.807, 2.05) is 29.1 Å². The third-order valence-corrected chi connectivity index (χ3v) is 5.85. The van der Waals surface area contributed by atoms with E-state index >= 15 is 0 Å². The molecule has 1 atom stereocenters. The summed E-state index contributed by atoms with van der Waals surface area (Å²) >= 11 is 0. The number of likely N-dealkylation sites (tertiary alicyclic amines) is 1. The molecule has 3 aliphatic heterocycles. The summed E-state index contributed by atoms with van der Waals surface area (Å²) in [7, 11) is 2.15. The van der Waals surface area contributed by atoms with Crippen molar-refractivity contribution in [2.24, 2.45) is 0 Å². The van der Waals surface area contributed by atoms with Gasteiger partial charge in [0.2, 0.25) is 5.91 Å². The van der Waals surface area contributed by atoms with E-state index in [-0.39, 0.29) is 11.8 Å². The normalized spacial score (nSPS) is 23.0. The molecule has 0 spiro atoms.